The first kappa shape index (κ1) is 14.0. The van der Waals surface area contributed by atoms with Gasteiger partial charge in [-0.3, -0.25) is 14.2 Å². The molecular weight excluding hydrogens is 254 g/mol. The minimum Gasteiger partial charge on any atom is -0.352 e. The van der Waals surface area contributed by atoms with Crippen LogP contribution >= 0.6 is 0 Å². The molecule has 0 atom stereocenters. The van der Waals surface area contributed by atoms with E-state index in [0.717, 1.165) is 24.2 Å². The van der Waals surface area contributed by atoms with Crippen molar-refractivity contribution in [1.82, 2.24) is 24.9 Å². The van der Waals surface area contributed by atoms with Gasteiger partial charge < -0.3 is 5.32 Å². The van der Waals surface area contributed by atoms with Crippen LogP contribution in [0.25, 0.3) is 6.08 Å². The first-order chi connectivity index (χ1) is 9.65. The summed E-state index contributed by atoms with van der Waals surface area (Å²) < 4.78 is 3.63. The quantitative estimate of drug-likeness (QED) is 0.634. The van der Waals surface area contributed by atoms with Gasteiger partial charge in [0.2, 0.25) is 5.91 Å². The number of nitrogens with one attached hydrogen (secondary N) is 1. The summed E-state index contributed by atoms with van der Waals surface area (Å²) in [5.41, 5.74) is 2.04. The molecule has 0 bridgehead atoms. The van der Waals surface area contributed by atoms with Crippen molar-refractivity contribution in [3.8, 4) is 0 Å². The second-order valence-electron chi connectivity index (χ2n) is 4.62. The molecule has 0 aliphatic rings. The number of nitrogens with zero attached hydrogens (tertiary/aromatic N) is 4. The summed E-state index contributed by atoms with van der Waals surface area (Å²) in [6.45, 7) is 3.46. The Balaban J connectivity index is 1.68. The van der Waals surface area contributed by atoms with Crippen molar-refractivity contribution in [2.45, 2.75) is 19.9 Å². The van der Waals surface area contributed by atoms with Crippen LogP contribution < -0.4 is 5.32 Å². The molecule has 0 radical (unpaired) electrons. The Morgan fingerprint density at radius 1 is 1.45 bits per heavy atom. The third-order valence-electron chi connectivity index (χ3n) is 2.93. The molecule has 0 aliphatic carbocycles. The van der Waals surface area contributed by atoms with Gasteiger partial charge in [-0.15, -0.1) is 0 Å². The third-order valence-corrected chi connectivity index (χ3v) is 2.93. The molecule has 1 amide bonds. The van der Waals surface area contributed by atoms with Crippen LogP contribution in [0.2, 0.25) is 0 Å². The lowest BCUT2D eigenvalue weighted by atomic mass is 10.3. The fourth-order valence-electron chi connectivity index (χ4n) is 1.83. The zero-order chi connectivity index (χ0) is 14.4. The number of hydrogen-bond acceptors (Lipinski definition) is 3. The molecule has 0 saturated carbocycles. The minimum atomic E-state index is -0.0916. The summed E-state index contributed by atoms with van der Waals surface area (Å²) in [6, 6.07) is 1.97. The SMILES string of the molecule is Cc1ccnn1CCCNC(=O)/C=C/c1cnn(C)c1. The van der Waals surface area contributed by atoms with E-state index in [0.29, 0.717) is 6.54 Å². The Hall–Kier alpha value is -2.37. The predicted molar refractivity (Wildman–Crippen MR) is 76.8 cm³/mol. The zero-order valence-corrected chi connectivity index (χ0v) is 11.8. The molecule has 0 aliphatic heterocycles. The van der Waals surface area contributed by atoms with E-state index in [-0.39, 0.29) is 5.91 Å². The number of hydrogen-bond donors (Lipinski definition) is 1. The molecular formula is C14H19N5O. The van der Waals surface area contributed by atoms with E-state index in [1.807, 2.05) is 30.9 Å². The van der Waals surface area contributed by atoms with E-state index in [2.05, 4.69) is 15.5 Å². The second-order valence-corrected chi connectivity index (χ2v) is 4.62. The number of aromatic nitrogens is 4. The van der Waals surface area contributed by atoms with E-state index in [1.165, 1.54) is 6.08 Å². The Bertz CT molecular complexity index is 596. The number of amides is 1. The predicted octanol–water partition coefficient (Wildman–Crippen LogP) is 1.14. The lowest BCUT2D eigenvalue weighted by Gasteiger charge is -2.04. The smallest absolute Gasteiger partial charge is 0.244 e. The average Bonchev–Trinajstić information content (AvgIpc) is 3.01. The van der Waals surface area contributed by atoms with Gasteiger partial charge in [0.15, 0.2) is 0 Å². The molecule has 0 aromatic carbocycles. The van der Waals surface area contributed by atoms with Crippen LogP contribution in [-0.2, 0) is 18.4 Å². The fourth-order valence-corrected chi connectivity index (χ4v) is 1.83. The van der Waals surface area contributed by atoms with E-state index in [9.17, 15) is 4.79 Å². The topological polar surface area (TPSA) is 64.7 Å². The summed E-state index contributed by atoms with van der Waals surface area (Å²) in [5.74, 6) is -0.0916. The molecule has 0 fully saturated rings. The van der Waals surface area contributed by atoms with Crippen molar-refractivity contribution in [2.24, 2.45) is 7.05 Å². The maximum absolute atomic E-state index is 11.6. The lowest BCUT2D eigenvalue weighted by Crippen LogP contribution is -2.23. The Morgan fingerprint density at radius 2 is 2.30 bits per heavy atom. The molecule has 1 N–H and O–H groups in total. The Morgan fingerprint density at radius 3 is 2.95 bits per heavy atom. The van der Waals surface area contributed by atoms with Crippen LogP contribution in [-0.4, -0.2) is 32.0 Å². The number of carbonyl (C=O) groups is 1. The monoisotopic (exact) mass is 273 g/mol. The van der Waals surface area contributed by atoms with Crippen LogP contribution in [0.3, 0.4) is 0 Å². The van der Waals surface area contributed by atoms with Crippen LogP contribution in [0.1, 0.15) is 17.7 Å². The van der Waals surface area contributed by atoms with Crippen molar-refractivity contribution in [3.63, 3.8) is 0 Å². The summed E-state index contributed by atoms with van der Waals surface area (Å²) in [5, 5.41) is 11.1. The molecule has 6 nitrogen and oxygen atoms in total. The highest BCUT2D eigenvalue weighted by Gasteiger charge is 1.98. The maximum Gasteiger partial charge on any atom is 0.244 e. The van der Waals surface area contributed by atoms with Gasteiger partial charge in [-0.2, -0.15) is 10.2 Å². The first-order valence-electron chi connectivity index (χ1n) is 6.58. The molecule has 6 heteroatoms. The van der Waals surface area contributed by atoms with Gasteiger partial charge in [0, 0.05) is 49.9 Å². The molecule has 106 valence electrons. The van der Waals surface area contributed by atoms with Gasteiger partial charge in [-0.1, -0.05) is 0 Å². The molecule has 2 rings (SSSR count). The lowest BCUT2D eigenvalue weighted by molar-refractivity contribution is -0.116. The van der Waals surface area contributed by atoms with Crippen molar-refractivity contribution < 1.29 is 4.79 Å². The van der Waals surface area contributed by atoms with E-state index >= 15 is 0 Å². The Kier molecular flexibility index (Phi) is 4.70. The highest BCUT2D eigenvalue weighted by atomic mass is 16.1. The Labute approximate surface area is 118 Å². The maximum atomic E-state index is 11.6. The number of carbonyl (C=O) groups excluding carboxylic acids is 1. The van der Waals surface area contributed by atoms with E-state index < -0.39 is 0 Å². The summed E-state index contributed by atoms with van der Waals surface area (Å²) in [7, 11) is 1.84. The number of rotatable bonds is 6. The average molecular weight is 273 g/mol. The van der Waals surface area contributed by atoms with Crippen molar-refractivity contribution in [2.75, 3.05) is 6.54 Å². The molecule has 2 aromatic heterocycles. The van der Waals surface area contributed by atoms with Gasteiger partial charge in [-0.25, -0.2) is 0 Å². The minimum absolute atomic E-state index is 0.0916. The van der Waals surface area contributed by atoms with Crippen LogP contribution in [0.15, 0.2) is 30.7 Å². The molecule has 20 heavy (non-hydrogen) atoms. The van der Waals surface area contributed by atoms with Crippen molar-refractivity contribution >= 4 is 12.0 Å². The summed E-state index contributed by atoms with van der Waals surface area (Å²) >= 11 is 0. The highest BCUT2D eigenvalue weighted by Crippen LogP contribution is 1.99. The fraction of sp³-hybridized carbons (Fsp3) is 0.357. The van der Waals surface area contributed by atoms with Crippen molar-refractivity contribution in [3.05, 3.63) is 42.0 Å². The second kappa shape index (κ2) is 6.70. The first-order valence-corrected chi connectivity index (χ1v) is 6.58. The van der Waals surface area contributed by atoms with Gasteiger partial charge in [0.05, 0.1) is 6.20 Å². The molecule has 2 heterocycles. The summed E-state index contributed by atoms with van der Waals surface area (Å²) in [6.07, 6.45) is 9.48. The van der Waals surface area contributed by atoms with Gasteiger partial charge in [0.25, 0.3) is 0 Å². The van der Waals surface area contributed by atoms with Crippen molar-refractivity contribution in [1.29, 1.82) is 0 Å². The highest BCUT2D eigenvalue weighted by molar-refractivity contribution is 5.91. The van der Waals surface area contributed by atoms with Crippen LogP contribution in [0.5, 0.6) is 0 Å². The zero-order valence-electron chi connectivity index (χ0n) is 11.8. The molecule has 0 saturated heterocycles. The number of aryl methyl sites for hydroxylation is 3. The standard InChI is InChI=1S/C14H19N5O/c1-12-6-8-16-19(12)9-3-7-15-14(20)5-4-13-10-17-18(2)11-13/h4-6,8,10-11H,3,7,9H2,1-2H3,(H,15,20)/b5-4+. The normalized spacial score (nSPS) is 11.1. The molecule has 0 unspecified atom stereocenters. The van der Waals surface area contributed by atoms with E-state index in [1.54, 1.807) is 23.2 Å². The van der Waals surface area contributed by atoms with E-state index in [4.69, 9.17) is 0 Å². The largest absolute Gasteiger partial charge is 0.352 e. The summed E-state index contributed by atoms with van der Waals surface area (Å²) in [4.78, 5) is 11.6. The van der Waals surface area contributed by atoms with Gasteiger partial charge in [0.1, 0.15) is 0 Å². The van der Waals surface area contributed by atoms with Crippen LogP contribution in [0, 0.1) is 6.92 Å². The molecule has 0 spiro atoms. The third kappa shape index (κ3) is 4.08. The molecule has 2 aromatic rings. The van der Waals surface area contributed by atoms with Crippen LogP contribution in [0.4, 0.5) is 0 Å². The van der Waals surface area contributed by atoms with Gasteiger partial charge >= 0.3 is 0 Å². The van der Waals surface area contributed by atoms with Gasteiger partial charge in [-0.05, 0) is 25.5 Å².